The van der Waals surface area contributed by atoms with Crippen molar-refractivity contribution in [1.82, 2.24) is 9.80 Å². The number of hydrogen-bond acceptors (Lipinski definition) is 11. The van der Waals surface area contributed by atoms with Crippen molar-refractivity contribution in [3.8, 4) is 0 Å². The third-order valence-electron chi connectivity index (χ3n) is 13.7. The van der Waals surface area contributed by atoms with Crippen LogP contribution in [0.5, 0.6) is 0 Å². The summed E-state index contributed by atoms with van der Waals surface area (Å²) in [5.74, 6) is -3.05. The number of rotatable bonds is 29. The van der Waals surface area contributed by atoms with E-state index < -0.39 is 23.6 Å². The Labute approximate surface area is 437 Å². The Morgan fingerprint density at radius 3 is 1.59 bits per heavy atom. The van der Waals surface area contributed by atoms with Gasteiger partial charge in [-0.2, -0.15) is 0 Å². The SMILES string of the molecule is CCOC(=O)CCCCCCN1C(=O)CC[C@@H]1/C=C/C(=O)c1cccc(C(OC)(OC)c2ccccc2)c1.COC(OC)(c1ccccc1)c1cccc(C(O)/C=C/[C@H]2CCC(=O)N2CCCCCCC(=O)O)c1. The normalized spacial score (nSPS) is 16.5. The first-order valence-electron chi connectivity index (χ1n) is 25.9. The van der Waals surface area contributed by atoms with Gasteiger partial charge >= 0.3 is 11.9 Å². The van der Waals surface area contributed by atoms with Crippen molar-refractivity contribution >= 4 is 29.5 Å². The van der Waals surface area contributed by atoms with Crippen molar-refractivity contribution in [2.45, 2.75) is 127 Å². The molecule has 2 amide bonds. The number of carbonyl (C=O) groups excluding carboxylic acids is 4. The smallest absolute Gasteiger partial charge is 0.305 e. The lowest BCUT2D eigenvalue weighted by molar-refractivity contribution is -0.184. The Bertz CT molecular complexity index is 2450. The monoisotopic (exact) mass is 1020 g/mol. The summed E-state index contributed by atoms with van der Waals surface area (Å²) in [6, 6.07) is 33.9. The number of aliphatic hydroxyl groups excluding tert-OH is 1. The van der Waals surface area contributed by atoms with Gasteiger partial charge < -0.3 is 43.7 Å². The lowest BCUT2D eigenvalue weighted by Crippen LogP contribution is -2.33. The Balaban J connectivity index is 0.000000274. The van der Waals surface area contributed by atoms with Crippen LogP contribution in [-0.4, -0.2) is 110 Å². The van der Waals surface area contributed by atoms with Crippen LogP contribution in [0, 0.1) is 0 Å². The molecule has 14 heteroatoms. The van der Waals surface area contributed by atoms with E-state index in [1.807, 2.05) is 119 Å². The molecular weight excluding hydrogens is 941 g/mol. The van der Waals surface area contributed by atoms with Crippen molar-refractivity contribution in [3.05, 3.63) is 167 Å². The number of unbranched alkanes of at least 4 members (excludes halogenated alkanes) is 6. The van der Waals surface area contributed by atoms with Crippen LogP contribution in [0.1, 0.15) is 141 Å². The number of ether oxygens (including phenoxy) is 5. The molecular formula is C60H76N2O12. The summed E-state index contributed by atoms with van der Waals surface area (Å²) in [6.07, 6.45) is 16.0. The Morgan fingerprint density at radius 2 is 1.08 bits per heavy atom. The van der Waals surface area contributed by atoms with E-state index in [4.69, 9.17) is 28.8 Å². The van der Waals surface area contributed by atoms with Gasteiger partial charge in [-0.1, -0.05) is 141 Å². The number of ketones is 1. The number of methoxy groups -OCH3 is 4. The number of amides is 2. The minimum atomic E-state index is -1.13. The van der Waals surface area contributed by atoms with E-state index in [-0.39, 0.29) is 42.1 Å². The highest BCUT2D eigenvalue weighted by Gasteiger charge is 2.37. The predicted octanol–water partition coefficient (Wildman–Crippen LogP) is 10.2. The molecule has 2 aliphatic rings. The molecule has 74 heavy (non-hydrogen) atoms. The molecule has 0 radical (unpaired) electrons. The van der Waals surface area contributed by atoms with Gasteiger partial charge in [0.25, 0.3) is 0 Å². The van der Waals surface area contributed by atoms with Gasteiger partial charge in [-0.3, -0.25) is 24.0 Å². The number of esters is 1. The molecule has 14 nitrogen and oxygen atoms in total. The number of carboxylic acids is 1. The second-order valence-electron chi connectivity index (χ2n) is 18.5. The van der Waals surface area contributed by atoms with E-state index in [2.05, 4.69) is 0 Å². The van der Waals surface area contributed by atoms with Crippen LogP contribution in [0.25, 0.3) is 0 Å². The third kappa shape index (κ3) is 16.1. The third-order valence-corrected chi connectivity index (χ3v) is 13.7. The van der Waals surface area contributed by atoms with Crippen LogP contribution in [-0.2, 0) is 54.4 Å². The molecule has 4 aromatic carbocycles. The lowest BCUT2D eigenvalue weighted by Gasteiger charge is -2.32. The molecule has 0 spiro atoms. The maximum atomic E-state index is 13.1. The van der Waals surface area contributed by atoms with Crippen molar-refractivity contribution < 1.29 is 57.9 Å². The predicted molar refractivity (Wildman–Crippen MR) is 283 cm³/mol. The average Bonchev–Trinajstić information content (AvgIpc) is 3.97. The van der Waals surface area contributed by atoms with Crippen LogP contribution in [0.15, 0.2) is 133 Å². The minimum Gasteiger partial charge on any atom is -0.481 e. The quantitative estimate of drug-likeness (QED) is 0.0132. The average molecular weight is 1020 g/mol. The highest BCUT2D eigenvalue weighted by Crippen LogP contribution is 2.36. The summed E-state index contributed by atoms with van der Waals surface area (Å²) in [5, 5.41) is 19.7. The number of carboxylic acid groups (broad SMARTS) is 1. The molecule has 0 saturated carbocycles. The molecule has 2 aliphatic heterocycles. The number of aliphatic hydroxyl groups is 1. The molecule has 2 saturated heterocycles. The molecule has 2 N–H and O–H groups in total. The van der Waals surface area contributed by atoms with Crippen molar-refractivity contribution in [2.24, 2.45) is 0 Å². The highest BCUT2D eigenvalue weighted by molar-refractivity contribution is 6.04. The number of likely N-dealkylation sites (tertiary alicyclic amines) is 2. The van der Waals surface area contributed by atoms with Crippen LogP contribution in [0.3, 0.4) is 0 Å². The van der Waals surface area contributed by atoms with E-state index in [0.29, 0.717) is 68.5 Å². The second-order valence-corrected chi connectivity index (χ2v) is 18.5. The number of nitrogens with zero attached hydrogens (tertiary/aromatic N) is 2. The van der Waals surface area contributed by atoms with E-state index in [9.17, 15) is 29.1 Å². The first-order valence-corrected chi connectivity index (χ1v) is 25.9. The van der Waals surface area contributed by atoms with Gasteiger partial charge in [0.2, 0.25) is 23.4 Å². The number of carbonyl (C=O) groups is 5. The van der Waals surface area contributed by atoms with E-state index >= 15 is 0 Å². The number of hydrogen-bond donors (Lipinski definition) is 2. The molecule has 398 valence electrons. The van der Waals surface area contributed by atoms with Crippen molar-refractivity contribution in [1.29, 1.82) is 0 Å². The van der Waals surface area contributed by atoms with E-state index in [1.54, 1.807) is 59.6 Å². The number of aliphatic carboxylic acids is 1. The van der Waals surface area contributed by atoms with E-state index in [0.717, 1.165) is 68.1 Å². The van der Waals surface area contributed by atoms with Crippen LogP contribution < -0.4 is 0 Å². The van der Waals surface area contributed by atoms with Gasteiger partial charge in [-0.05, 0) is 69.2 Å². The first kappa shape index (κ1) is 58.6. The molecule has 0 aliphatic carbocycles. The molecule has 0 bridgehead atoms. The topological polar surface area (TPSA) is 178 Å². The zero-order valence-corrected chi connectivity index (χ0v) is 43.8. The zero-order chi connectivity index (χ0) is 53.4. The summed E-state index contributed by atoms with van der Waals surface area (Å²) in [7, 11) is 6.35. The number of benzene rings is 4. The van der Waals surface area contributed by atoms with Crippen LogP contribution >= 0.6 is 0 Å². The molecule has 0 aromatic heterocycles. The molecule has 2 fully saturated rings. The van der Waals surface area contributed by atoms with Crippen molar-refractivity contribution in [2.75, 3.05) is 48.1 Å². The maximum Gasteiger partial charge on any atom is 0.305 e. The van der Waals surface area contributed by atoms with Crippen LogP contribution in [0.4, 0.5) is 0 Å². The standard InChI is InChI=1S/C31H39NO6.C29H37NO6/c1-4-38-30(35)17-10-5-6-11-22-32-27(19-21-29(32)34)18-20-28(33)24-13-12-16-26(23-24)31(36-2,37-3)25-14-8-7-9-15-25;1-35-29(36-2,23-12-6-5-7-13-23)24-14-10-11-22(21-24)26(31)18-16-25-17-19-27(32)30(25)20-9-4-3-8-15-28(33)34/h7-9,12-16,18,20,23,27H,4-6,10-11,17,19,21-22H2,1-3H3;5-7,10-14,16,18,21,25-26,31H,3-4,8-9,15,17,19-20H2,1-2H3,(H,33,34)/b20-18+;18-16+/t27-;25-,26?/m00/s1. The van der Waals surface area contributed by atoms with Gasteiger partial charge in [-0.15, -0.1) is 0 Å². The minimum absolute atomic E-state index is 0.0456. The van der Waals surface area contributed by atoms with Crippen molar-refractivity contribution in [3.63, 3.8) is 0 Å². The molecule has 1 unspecified atom stereocenters. The first-order chi connectivity index (χ1) is 35.9. The summed E-state index contributed by atoms with van der Waals surface area (Å²) in [5.41, 5.74) is 4.38. The number of allylic oxidation sites excluding steroid dienone is 1. The summed E-state index contributed by atoms with van der Waals surface area (Å²) >= 11 is 0. The van der Waals surface area contributed by atoms with Gasteiger partial charge in [-0.25, -0.2) is 0 Å². The fourth-order valence-electron chi connectivity index (χ4n) is 9.74. The highest BCUT2D eigenvalue weighted by atomic mass is 16.7. The largest absolute Gasteiger partial charge is 0.481 e. The van der Waals surface area contributed by atoms with E-state index in [1.165, 1.54) is 0 Å². The molecule has 4 aromatic rings. The molecule has 3 atom stereocenters. The Morgan fingerprint density at radius 1 is 0.608 bits per heavy atom. The molecule has 2 heterocycles. The zero-order valence-electron chi connectivity index (χ0n) is 43.8. The van der Waals surface area contributed by atoms with Gasteiger partial charge in [0.05, 0.1) is 24.8 Å². The Hall–Kier alpha value is -6.29. The lowest BCUT2D eigenvalue weighted by atomic mass is 9.94. The fourth-order valence-corrected chi connectivity index (χ4v) is 9.74. The molecule has 6 rings (SSSR count). The fraction of sp³-hybridized carbons (Fsp3) is 0.450. The Kier molecular flexibility index (Phi) is 23.9. The summed E-state index contributed by atoms with van der Waals surface area (Å²) < 4.78 is 28.3. The summed E-state index contributed by atoms with van der Waals surface area (Å²) in [4.78, 5) is 63.7. The van der Waals surface area contributed by atoms with Gasteiger partial charge in [0.1, 0.15) is 0 Å². The second kappa shape index (κ2) is 30.2. The van der Waals surface area contributed by atoms with Gasteiger partial charge in [0, 0.05) is 95.0 Å². The summed E-state index contributed by atoms with van der Waals surface area (Å²) in [6.45, 7) is 3.51. The van der Waals surface area contributed by atoms with Gasteiger partial charge in [0.15, 0.2) is 5.78 Å². The maximum absolute atomic E-state index is 13.1. The van der Waals surface area contributed by atoms with Crippen LogP contribution in [0.2, 0.25) is 0 Å².